The second-order valence-corrected chi connectivity index (χ2v) is 6.02. The van der Waals surface area contributed by atoms with Crippen LogP contribution in [-0.2, 0) is 0 Å². The maximum absolute atomic E-state index is 12.9. The Kier molecular flexibility index (Phi) is 5.15. The van der Waals surface area contributed by atoms with E-state index in [1.807, 2.05) is 36.4 Å². The predicted molar refractivity (Wildman–Crippen MR) is 96.2 cm³/mol. The molecule has 5 nitrogen and oxygen atoms in total. The van der Waals surface area contributed by atoms with Crippen molar-refractivity contribution in [3.8, 4) is 5.75 Å². The van der Waals surface area contributed by atoms with Crippen LogP contribution in [0.2, 0.25) is 0 Å². The minimum atomic E-state index is -0.390. The average Bonchev–Trinajstić information content (AvgIpc) is 3.08. The Morgan fingerprint density at radius 1 is 1.08 bits per heavy atom. The number of carbonyl (C=O) groups excluding carboxylic acids is 1. The highest BCUT2D eigenvalue weighted by Gasteiger charge is 2.09. The van der Waals surface area contributed by atoms with Crippen molar-refractivity contribution < 1.29 is 13.9 Å². The highest BCUT2D eigenvalue weighted by atomic mass is 32.1. The van der Waals surface area contributed by atoms with Crippen LogP contribution in [0.3, 0.4) is 0 Å². The number of halogens is 1. The lowest BCUT2D eigenvalue weighted by molar-refractivity contribution is 0.102. The van der Waals surface area contributed by atoms with Crippen LogP contribution >= 0.6 is 11.3 Å². The summed E-state index contributed by atoms with van der Waals surface area (Å²) < 4.78 is 18.0. The molecule has 1 N–H and O–H groups in total. The minimum absolute atomic E-state index is 0.354. The van der Waals surface area contributed by atoms with E-state index in [0.29, 0.717) is 15.7 Å². The van der Waals surface area contributed by atoms with E-state index < -0.39 is 5.82 Å². The molecule has 0 saturated carbocycles. The molecule has 1 heterocycles. The second-order valence-electron chi connectivity index (χ2n) is 5.01. The lowest BCUT2D eigenvalue weighted by atomic mass is 10.2. The van der Waals surface area contributed by atoms with Gasteiger partial charge in [-0.1, -0.05) is 29.5 Å². The summed E-state index contributed by atoms with van der Waals surface area (Å²) in [4.78, 5) is 12.0. The van der Waals surface area contributed by atoms with Gasteiger partial charge in [0, 0.05) is 5.56 Å². The third kappa shape index (κ3) is 4.48. The van der Waals surface area contributed by atoms with Crippen molar-refractivity contribution in [3.63, 3.8) is 0 Å². The van der Waals surface area contributed by atoms with E-state index >= 15 is 0 Å². The van der Waals surface area contributed by atoms with Crippen LogP contribution in [0.15, 0.2) is 48.5 Å². The highest BCUT2D eigenvalue weighted by molar-refractivity contribution is 7.16. The zero-order chi connectivity index (χ0) is 17.6. The zero-order valence-corrected chi connectivity index (χ0v) is 14.1. The van der Waals surface area contributed by atoms with E-state index in [1.165, 1.54) is 35.6 Å². The third-order valence-corrected chi connectivity index (χ3v) is 4.11. The molecular formula is C18H14FN3O2S. The molecule has 1 amide bonds. The van der Waals surface area contributed by atoms with Gasteiger partial charge in [-0.3, -0.25) is 10.1 Å². The largest absolute Gasteiger partial charge is 0.497 e. The maximum Gasteiger partial charge on any atom is 0.257 e. The summed E-state index contributed by atoms with van der Waals surface area (Å²) in [7, 11) is 1.62. The molecular weight excluding hydrogens is 341 g/mol. The fraction of sp³-hybridized carbons (Fsp3) is 0.0556. The molecule has 0 saturated heterocycles. The van der Waals surface area contributed by atoms with Gasteiger partial charge in [0.1, 0.15) is 16.6 Å². The number of hydrogen-bond acceptors (Lipinski definition) is 5. The van der Waals surface area contributed by atoms with Crippen LogP contribution in [0, 0.1) is 5.82 Å². The molecule has 0 fully saturated rings. The van der Waals surface area contributed by atoms with Gasteiger partial charge in [0.15, 0.2) is 0 Å². The number of nitrogens with zero attached hydrogens (tertiary/aromatic N) is 2. The first-order valence-electron chi connectivity index (χ1n) is 7.36. The summed E-state index contributed by atoms with van der Waals surface area (Å²) in [5.41, 5.74) is 1.35. The number of rotatable bonds is 5. The molecule has 0 aliphatic carbocycles. The predicted octanol–water partition coefficient (Wildman–Crippen LogP) is 4.11. The smallest absolute Gasteiger partial charge is 0.257 e. The molecule has 0 atom stereocenters. The Bertz CT molecular complexity index is 889. The zero-order valence-electron chi connectivity index (χ0n) is 13.3. The molecule has 7 heteroatoms. The average molecular weight is 355 g/mol. The highest BCUT2D eigenvalue weighted by Crippen LogP contribution is 2.19. The third-order valence-electron chi connectivity index (χ3n) is 3.30. The fourth-order valence-electron chi connectivity index (χ4n) is 2.01. The quantitative estimate of drug-likeness (QED) is 0.748. The minimum Gasteiger partial charge on any atom is -0.497 e. The Morgan fingerprint density at radius 3 is 2.48 bits per heavy atom. The molecule has 0 spiro atoms. The van der Waals surface area contributed by atoms with E-state index in [0.717, 1.165) is 11.3 Å². The summed E-state index contributed by atoms with van der Waals surface area (Å²) in [6.07, 6.45) is 3.71. The Hall–Kier alpha value is -3.06. The second kappa shape index (κ2) is 7.67. The normalized spacial score (nSPS) is 10.8. The van der Waals surface area contributed by atoms with Gasteiger partial charge in [0.2, 0.25) is 5.13 Å². The molecule has 0 radical (unpaired) electrons. The molecule has 2 aromatic carbocycles. The molecule has 126 valence electrons. The molecule has 1 aromatic heterocycles. The number of amides is 1. The van der Waals surface area contributed by atoms with Crippen molar-refractivity contribution in [2.45, 2.75) is 0 Å². The summed E-state index contributed by atoms with van der Waals surface area (Å²) >= 11 is 1.25. The Morgan fingerprint density at radius 2 is 1.80 bits per heavy atom. The van der Waals surface area contributed by atoms with Crippen molar-refractivity contribution in [2.24, 2.45) is 0 Å². The van der Waals surface area contributed by atoms with Crippen molar-refractivity contribution in [2.75, 3.05) is 12.4 Å². The van der Waals surface area contributed by atoms with Crippen LogP contribution in [0.5, 0.6) is 5.75 Å². The fourth-order valence-corrected chi connectivity index (χ4v) is 2.65. The van der Waals surface area contributed by atoms with Crippen LogP contribution in [0.4, 0.5) is 9.52 Å². The molecule has 25 heavy (non-hydrogen) atoms. The first-order valence-corrected chi connectivity index (χ1v) is 8.18. The first kappa shape index (κ1) is 16.8. The number of ether oxygens (including phenoxy) is 1. The van der Waals surface area contributed by atoms with Gasteiger partial charge in [0.25, 0.3) is 5.91 Å². The topological polar surface area (TPSA) is 64.1 Å². The van der Waals surface area contributed by atoms with Crippen LogP contribution in [0.1, 0.15) is 20.9 Å². The van der Waals surface area contributed by atoms with Crippen LogP contribution in [0.25, 0.3) is 12.2 Å². The van der Waals surface area contributed by atoms with E-state index in [9.17, 15) is 9.18 Å². The van der Waals surface area contributed by atoms with Crippen molar-refractivity contribution in [3.05, 3.63) is 70.5 Å². The summed E-state index contributed by atoms with van der Waals surface area (Å²) in [5.74, 6) is 0.0408. The summed E-state index contributed by atoms with van der Waals surface area (Å²) in [5, 5.41) is 11.6. The van der Waals surface area contributed by atoms with E-state index in [-0.39, 0.29) is 5.91 Å². The standard InChI is InChI=1S/C18H14FN3O2S/c1-24-15-9-2-12(3-10-15)4-11-16-21-22-18(25-16)20-17(23)13-5-7-14(19)8-6-13/h2-11H,1H3,(H,20,22,23). The van der Waals surface area contributed by atoms with E-state index in [1.54, 1.807) is 7.11 Å². The molecule has 0 bridgehead atoms. The van der Waals surface area contributed by atoms with Crippen LogP contribution in [-0.4, -0.2) is 23.2 Å². The van der Waals surface area contributed by atoms with Crippen molar-refractivity contribution >= 4 is 34.5 Å². The van der Waals surface area contributed by atoms with Crippen LogP contribution < -0.4 is 10.1 Å². The lowest BCUT2D eigenvalue weighted by Gasteiger charge is -2.00. The van der Waals surface area contributed by atoms with Crippen molar-refractivity contribution in [1.82, 2.24) is 10.2 Å². The van der Waals surface area contributed by atoms with Gasteiger partial charge in [0.05, 0.1) is 7.11 Å². The van der Waals surface area contributed by atoms with Gasteiger partial charge in [-0.15, -0.1) is 10.2 Å². The van der Waals surface area contributed by atoms with E-state index in [2.05, 4.69) is 15.5 Å². The monoisotopic (exact) mass is 355 g/mol. The SMILES string of the molecule is COc1ccc(C=Cc2nnc(NC(=O)c3ccc(F)cc3)s2)cc1. The van der Waals surface area contributed by atoms with Crippen molar-refractivity contribution in [1.29, 1.82) is 0 Å². The van der Waals surface area contributed by atoms with Gasteiger partial charge >= 0.3 is 0 Å². The van der Waals surface area contributed by atoms with Gasteiger partial charge in [-0.05, 0) is 48.0 Å². The molecule has 0 aliphatic heterocycles. The van der Waals surface area contributed by atoms with Gasteiger partial charge in [-0.25, -0.2) is 4.39 Å². The number of nitrogens with one attached hydrogen (secondary N) is 1. The van der Waals surface area contributed by atoms with Gasteiger partial charge < -0.3 is 4.74 Å². The number of aromatic nitrogens is 2. The lowest BCUT2D eigenvalue weighted by Crippen LogP contribution is -2.11. The number of methoxy groups -OCH3 is 1. The summed E-state index contributed by atoms with van der Waals surface area (Å²) in [6, 6.07) is 12.9. The number of carbonyl (C=O) groups is 1. The molecule has 3 rings (SSSR count). The molecule has 3 aromatic rings. The molecule has 0 aliphatic rings. The maximum atomic E-state index is 12.9. The molecule has 0 unspecified atom stereocenters. The number of anilines is 1. The number of benzene rings is 2. The Balaban J connectivity index is 1.64. The first-order chi connectivity index (χ1) is 12.1. The van der Waals surface area contributed by atoms with E-state index in [4.69, 9.17) is 4.74 Å². The van der Waals surface area contributed by atoms with Gasteiger partial charge in [-0.2, -0.15) is 0 Å². The number of hydrogen-bond donors (Lipinski definition) is 1. The Labute approximate surface area is 147 Å². The summed E-state index contributed by atoms with van der Waals surface area (Å²) in [6.45, 7) is 0.